The van der Waals surface area contributed by atoms with Crippen LogP contribution >= 0.6 is 0 Å². The summed E-state index contributed by atoms with van der Waals surface area (Å²) in [6.45, 7) is 0. The summed E-state index contributed by atoms with van der Waals surface area (Å²) < 4.78 is 0. The van der Waals surface area contributed by atoms with Crippen molar-refractivity contribution in [2.24, 2.45) is 0 Å². The highest BCUT2D eigenvalue weighted by molar-refractivity contribution is 6.01. The van der Waals surface area contributed by atoms with Gasteiger partial charge in [-0.2, -0.15) is 0 Å². The lowest BCUT2D eigenvalue weighted by Gasteiger charge is -2.41. The third kappa shape index (κ3) is 2.22. The van der Waals surface area contributed by atoms with E-state index in [2.05, 4.69) is 97.1 Å². The highest BCUT2D eigenvalue weighted by Crippen LogP contribution is 2.54. The molecule has 0 fully saturated rings. The van der Waals surface area contributed by atoms with Gasteiger partial charge in [0, 0.05) is 11.8 Å². The maximum absolute atomic E-state index is 2.50. The summed E-state index contributed by atoms with van der Waals surface area (Å²) in [5.41, 5.74) is 6.27. The molecule has 6 aromatic rings. The molecule has 9 rings (SSSR count). The van der Waals surface area contributed by atoms with Gasteiger partial charge in [-0.15, -0.1) is 0 Å². The number of hydrogen-bond donors (Lipinski definition) is 0. The van der Waals surface area contributed by atoms with Crippen molar-refractivity contribution in [3.63, 3.8) is 0 Å². The maximum atomic E-state index is 2.50. The van der Waals surface area contributed by atoms with Crippen LogP contribution in [0.25, 0.3) is 43.1 Å². The molecule has 0 heterocycles. The summed E-state index contributed by atoms with van der Waals surface area (Å²) in [4.78, 5) is 0. The van der Waals surface area contributed by atoms with Crippen LogP contribution in [0.3, 0.4) is 0 Å². The summed E-state index contributed by atoms with van der Waals surface area (Å²) in [5.74, 6) is 1.05. The summed E-state index contributed by atoms with van der Waals surface area (Å²) in [6.07, 6.45) is 2.53. The van der Waals surface area contributed by atoms with Crippen molar-refractivity contribution in [3.8, 4) is 0 Å². The first-order valence-corrected chi connectivity index (χ1v) is 11.7. The lowest BCUT2D eigenvalue weighted by molar-refractivity contribution is 0.521. The average Bonchev–Trinajstić information content (AvgIpc) is 2.84. The molecular formula is C32H22. The van der Waals surface area contributed by atoms with Crippen molar-refractivity contribution in [3.05, 3.63) is 119 Å². The van der Waals surface area contributed by atoms with Crippen LogP contribution in [-0.2, 0) is 0 Å². The molecule has 0 atom stereocenters. The van der Waals surface area contributed by atoms with Crippen LogP contribution in [0.2, 0.25) is 0 Å². The first-order chi connectivity index (χ1) is 15.8. The minimum atomic E-state index is 0.525. The first-order valence-electron chi connectivity index (χ1n) is 11.7. The quantitative estimate of drug-likeness (QED) is 0.221. The molecule has 0 saturated carbocycles. The van der Waals surface area contributed by atoms with E-state index >= 15 is 0 Å². The Hall–Kier alpha value is -3.64. The molecule has 150 valence electrons. The Morgan fingerprint density at radius 1 is 0.344 bits per heavy atom. The highest BCUT2D eigenvalue weighted by Gasteiger charge is 2.37. The summed E-state index contributed by atoms with van der Waals surface area (Å²) in [5, 5.41) is 10.8. The SMILES string of the molecule is c1ccc2cc3cc4c(cc3cc2c1)C1CCC4c2cc3cc4ccccc4cc3cc21. The molecule has 0 saturated heterocycles. The third-order valence-corrected chi connectivity index (χ3v) is 8.06. The Kier molecular flexibility index (Phi) is 3.18. The molecule has 3 aliphatic carbocycles. The Labute approximate surface area is 187 Å². The monoisotopic (exact) mass is 406 g/mol. The van der Waals surface area contributed by atoms with Gasteiger partial charge in [0.1, 0.15) is 0 Å². The fourth-order valence-electron chi connectivity index (χ4n) is 6.55. The zero-order chi connectivity index (χ0) is 20.8. The van der Waals surface area contributed by atoms with Crippen molar-refractivity contribution in [2.45, 2.75) is 24.7 Å². The number of rotatable bonds is 0. The van der Waals surface area contributed by atoms with Gasteiger partial charge in [0.25, 0.3) is 0 Å². The minimum Gasteiger partial charge on any atom is -0.0616 e. The van der Waals surface area contributed by atoms with E-state index in [1.807, 2.05) is 0 Å². The van der Waals surface area contributed by atoms with Crippen molar-refractivity contribution in [1.82, 2.24) is 0 Å². The van der Waals surface area contributed by atoms with Crippen LogP contribution in [0, 0.1) is 0 Å². The van der Waals surface area contributed by atoms with E-state index < -0.39 is 0 Å². The van der Waals surface area contributed by atoms with Gasteiger partial charge < -0.3 is 0 Å². The second-order valence-corrected chi connectivity index (χ2v) is 9.74. The lowest BCUT2D eigenvalue weighted by Crippen LogP contribution is -2.24. The second kappa shape index (κ2) is 5.99. The molecule has 0 N–H and O–H groups in total. The smallest absolute Gasteiger partial charge is 0.00960 e. The zero-order valence-electron chi connectivity index (χ0n) is 17.8. The molecule has 0 aromatic heterocycles. The van der Waals surface area contributed by atoms with Gasteiger partial charge in [-0.25, -0.2) is 0 Å². The Bertz CT molecular complexity index is 1480. The summed E-state index contributed by atoms with van der Waals surface area (Å²) >= 11 is 0. The van der Waals surface area contributed by atoms with Gasteiger partial charge in [-0.1, -0.05) is 72.8 Å². The molecular weight excluding hydrogens is 384 g/mol. The van der Waals surface area contributed by atoms with Crippen LogP contribution in [-0.4, -0.2) is 0 Å². The molecule has 0 radical (unpaired) electrons. The van der Waals surface area contributed by atoms with Crippen molar-refractivity contribution < 1.29 is 0 Å². The molecule has 0 heteroatoms. The van der Waals surface area contributed by atoms with Crippen LogP contribution in [0.15, 0.2) is 97.1 Å². The van der Waals surface area contributed by atoms with Gasteiger partial charge in [0.05, 0.1) is 0 Å². The molecule has 0 unspecified atom stereocenters. The van der Waals surface area contributed by atoms with Crippen LogP contribution in [0.1, 0.15) is 46.9 Å². The molecule has 3 aliphatic rings. The zero-order valence-corrected chi connectivity index (χ0v) is 17.8. The van der Waals surface area contributed by atoms with Gasteiger partial charge >= 0.3 is 0 Å². The van der Waals surface area contributed by atoms with Crippen molar-refractivity contribution >= 4 is 43.1 Å². The maximum Gasteiger partial charge on any atom is 0.00960 e. The Morgan fingerprint density at radius 3 is 0.906 bits per heavy atom. The predicted octanol–water partition coefficient (Wildman–Crippen LogP) is 8.67. The van der Waals surface area contributed by atoms with Gasteiger partial charge in [0.15, 0.2) is 0 Å². The van der Waals surface area contributed by atoms with Crippen LogP contribution in [0.4, 0.5) is 0 Å². The second-order valence-electron chi connectivity index (χ2n) is 9.74. The molecule has 32 heavy (non-hydrogen) atoms. The van der Waals surface area contributed by atoms with E-state index in [1.165, 1.54) is 55.9 Å². The standard InChI is InChI=1S/C32H22/c1-2-6-20-12-24-16-30-28-10-9-27(29(30)15-23(24)11-19(20)5-1)31-17-25-13-21-7-3-4-8-22(21)14-26(25)18-32(28)31/h1-8,11-18,27-28H,9-10H2. The predicted molar refractivity (Wildman–Crippen MR) is 136 cm³/mol. The molecule has 0 spiro atoms. The Balaban J connectivity index is 1.38. The van der Waals surface area contributed by atoms with Gasteiger partial charge in [-0.05, 0) is 102 Å². The molecule has 6 aromatic carbocycles. The minimum absolute atomic E-state index is 0.525. The van der Waals surface area contributed by atoms with E-state index in [4.69, 9.17) is 0 Å². The van der Waals surface area contributed by atoms with E-state index in [9.17, 15) is 0 Å². The van der Waals surface area contributed by atoms with E-state index in [0.717, 1.165) is 0 Å². The van der Waals surface area contributed by atoms with E-state index in [-0.39, 0.29) is 0 Å². The number of fused-ring (bicyclic) bond motifs is 5. The molecule has 2 bridgehead atoms. The van der Waals surface area contributed by atoms with Crippen LogP contribution < -0.4 is 0 Å². The molecule has 0 aliphatic heterocycles. The number of hydrogen-bond acceptors (Lipinski definition) is 0. The summed E-state index contributed by atoms with van der Waals surface area (Å²) in [7, 11) is 0. The highest BCUT2D eigenvalue weighted by atomic mass is 14.4. The topological polar surface area (TPSA) is 0 Å². The fourth-order valence-corrected chi connectivity index (χ4v) is 6.55. The van der Waals surface area contributed by atoms with E-state index in [0.29, 0.717) is 11.8 Å². The Morgan fingerprint density at radius 2 is 0.625 bits per heavy atom. The molecule has 0 amide bonds. The largest absolute Gasteiger partial charge is 0.0616 e. The summed E-state index contributed by atoms with van der Waals surface area (Å²) in [6, 6.07) is 37.0. The van der Waals surface area contributed by atoms with Crippen molar-refractivity contribution in [2.75, 3.05) is 0 Å². The first kappa shape index (κ1) is 17.0. The molecule has 0 nitrogen and oxygen atoms in total. The van der Waals surface area contributed by atoms with Crippen LogP contribution in [0.5, 0.6) is 0 Å². The van der Waals surface area contributed by atoms with Gasteiger partial charge in [-0.3, -0.25) is 0 Å². The van der Waals surface area contributed by atoms with Gasteiger partial charge in [0.2, 0.25) is 0 Å². The lowest BCUT2D eigenvalue weighted by atomic mass is 9.63. The normalized spacial score (nSPS) is 19.0. The fraction of sp³-hybridized carbons (Fsp3) is 0.125. The third-order valence-electron chi connectivity index (χ3n) is 8.06. The van der Waals surface area contributed by atoms with E-state index in [1.54, 1.807) is 22.3 Å². The number of benzene rings is 6. The van der Waals surface area contributed by atoms with Crippen molar-refractivity contribution in [1.29, 1.82) is 0 Å². The average molecular weight is 407 g/mol.